The predicted molar refractivity (Wildman–Crippen MR) is 206 cm³/mol. The minimum atomic E-state index is -0.887. The molecular formula is C42H52N4O8. The van der Waals surface area contributed by atoms with E-state index in [-0.39, 0.29) is 43.6 Å². The number of carboxylic acid groups (broad SMARTS) is 1. The van der Waals surface area contributed by atoms with Crippen molar-refractivity contribution in [2.45, 2.75) is 99.8 Å². The molecule has 0 fully saturated rings. The van der Waals surface area contributed by atoms with E-state index in [0.717, 1.165) is 88.7 Å². The molecule has 54 heavy (non-hydrogen) atoms. The van der Waals surface area contributed by atoms with Crippen LogP contribution in [-0.4, -0.2) is 68.7 Å². The van der Waals surface area contributed by atoms with Crippen LogP contribution in [0.5, 0.6) is 0 Å². The zero-order valence-electron chi connectivity index (χ0n) is 32.4. The third-order valence-electron chi connectivity index (χ3n) is 10.2. The van der Waals surface area contributed by atoms with Gasteiger partial charge in [-0.2, -0.15) is 0 Å². The Bertz CT molecular complexity index is 2310. The van der Waals surface area contributed by atoms with E-state index in [9.17, 15) is 24.3 Å². The number of fused-ring (bicyclic) bond motifs is 8. The second-order valence-corrected chi connectivity index (χ2v) is 13.6. The van der Waals surface area contributed by atoms with Crippen LogP contribution in [0.25, 0.3) is 24.3 Å². The number of hydrogen-bond acceptors (Lipinski definition) is 7. The third kappa shape index (κ3) is 8.98. The Morgan fingerprint density at radius 1 is 0.463 bits per heavy atom. The highest BCUT2D eigenvalue weighted by molar-refractivity contribution is 5.73. The number of nitrogens with one attached hydrogen (secondary N) is 4. The number of rotatable bonds is 15. The molecule has 0 atom stereocenters. The molecule has 12 nitrogen and oxygen atoms in total. The van der Waals surface area contributed by atoms with Crippen molar-refractivity contribution >= 4 is 48.2 Å². The van der Waals surface area contributed by atoms with Gasteiger partial charge in [0.15, 0.2) is 0 Å². The number of esters is 3. The smallest absolute Gasteiger partial charge is 0.306 e. The highest BCUT2D eigenvalue weighted by atomic mass is 16.5. The van der Waals surface area contributed by atoms with Crippen LogP contribution in [0.2, 0.25) is 0 Å². The van der Waals surface area contributed by atoms with Gasteiger partial charge in [0, 0.05) is 69.9 Å². The summed E-state index contributed by atoms with van der Waals surface area (Å²) in [6, 6.07) is 0. The van der Waals surface area contributed by atoms with Crippen molar-refractivity contribution in [3.05, 3.63) is 88.7 Å². The number of hydrogen-bond donors (Lipinski definition) is 5. The summed E-state index contributed by atoms with van der Waals surface area (Å²) in [4.78, 5) is 63.8. The number of aromatic nitrogens is 4. The van der Waals surface area contributed by atoms with E-state index in [0.29, 0.717) is 45.5 Å². The first kappa shape index (κ1) is 39.7. The van der Waals surface area contributed by atoms with Crippen molar-refractivity contribution in [2.75, 3.05) is 19.8 Å². The van der Waals surface area contributed by atoms with E-state index in [1.807, 2.05) is 52.0 Å². The highest BCUT2D eigenvalue weighted by Crippen LogP contribution is 2.24. The van der Waals surface area contributed by atoms with E-state index >= 15 is 0 Å². The molecule has 0 aliphatic carbocycles. The van der Waals surface area contributed by atoms with Gasteiger partial charge in [0.1, 0.15) is 0 Å². The summed E-state index contributed by atoms with van der Waals surface area (Å²) >= 11 is 0. The highest BCUT2D eigenvalue weighted by Gasteiger charge is 2.19. The van der Waals surface area contributed by atoms with Gasteiger partial charge < -0.3 is 39.3 Å². The van der Waals surface area contributed by atoms with Gasteiger partial charge in [-0.25, -0.2) is 0 Å². The molecule has 5 N–H and O–H groups in total. The number of ether oxygens (including phenoxy) is 3. The summed E-state index contributed by atoms with van der Waals surface area (Å²) in [6.07, 6.45) is 10.4. The summed E-state index contributed by atoms with van der Waals surface area (Å²) in [7, 11) is 0. The first-order chi connectivity index (χ1) is 25.8. The molecule has 8 bridgehead atoms. The van der Waals surface area contributed by atoms with Crippen LogP contribution in [-0.2, 0) is 59.1 Å². The molecule has 0 spiro atoms. The molecule has 1 aliphatic heterocycles. The lowest BCUT2D eigenvalue weighted by atomic mass is 10.0. The number of carboxylic acids is 1. The van der Waals surface area contributed by atoms with Crippen LogP contribution >= 0.6 is 0 Å². The summed E-state index contributed by atoms with van der Waals surface area (Å²) < 4.78 is 15.8. The number of carbonyl (C=O) groups is 4. The van der Waals surface area contributed by atoms with Crippen LogP contribution in [0.15, 0.2) is 0 Å². The number of aromatic amines is 4. The number of aliphatic carboxylic acids is 1. The Kier molecular flexibility index (Phi) is 12.9. The van der Waals surface area contributed by atoms with Crippen molar-refractivity contribution in [1.82, 2.24) is 19.9 Å². The molecule has 0 unspecified atom stereocenters. The second-order valence-electron chi connectivity index (χ2n) is 13.6. The zero-order chi connectivity index (χ0) is 39.1. The van der Waals surface area contributed by atoms with Crippen LogP contribution in [0.3, 0.4) is 0 Å². The van der Waals surface area contributed by atoms with Gasteiger partial charge in [0.25, 0.3) is 0 Å². The Hall–Kier alpha value is -5.52. The fraction of sp³-hybridized carbons (Fsp3) is 0.429. The van der Waals surface area contributed by atoms with Crippen LogP contribution in [0.4, 0.5) is 0 Å². The molecule has 0 radical (unpaired) electrons. The summed E-state index contributed by atoms with van der Waals surface area (Å²) in [5.41, 5.74) is 10.9. The quantitative estimate of drug-likeness (QED) is 0.0801. The minimum absolute atomic E-state index is 0.0389. The van der Waals surface area contributed by atoms with Gasteiger partial charge in [-0.3, -0.25) is 19.2 Å². The molecule has 4 aromatic heterocycles. The van der Waals surface area contributed by atoms with E-state index in [1.54, 1.807) is 20.8 Å². The van der Waals surface area contributed by atoms with Crippen molar-refractivity contribution in [3.8, 4) is 0 Å². The molecule has 4 aromatic rings. The van der Waals surface area contributed by atoms with E-state index < -0.39 is 5.97 Å². The number of carbonyl (C=O) groups excluding carboxylic acids is 3. The van der Waals surface area contributed by atoms with Gasteiger partial charge in [0.05, 0.1) is 19.8 Å². The van der Waals surface area contributed by atoms with Gasteiger partial charge in [-0.1, -0.05) is 0 Å². The van der Waals surface area contributed by atoms with Crippen LogP contribution in [0.1, 0.15) is 114 Å². The van der Waals surface area contributed by atoms with Gasteiger partial charge in [0.2, 0.25) is 0 Å². The average Bonchev–Trinajstić information content (AvgIpc) is 3.78. The molecular weight excluding hydrogens is 688 g/mol. The maximum atomic E-state index is 12.5. The maximum absolute atomic E-state index is 12.5. The van der Waals surface area contributed by atoms with E-state index in [2.05, 4.69) is 19.9 Å². The van der Waals surface area contributed by atoms with Gasteiger partial charge in [-0.05, 0) is 143 Å². The van der Waals surface area contributed by atoms with Crippen molar-refractivity contribution in [2.24, 2.45) is 0 Å². The Labute approximate surface area is 314 Å². The molecule has 5 rings (SSSR count). The fourth-order valence-corrected chi connectivity index (χ4v) is 7.26. The SMILES string of the molecule is CCOC(=O)CCc1c2[nH]c(c1C)C=c1[nH]c(c(CCC(=O)OCC)c1C)=Cc1[nH]c(c(C)c1CCC(=O)O)C=c1[nH]c(c(CCC(=O)OCC)c1C)=C2. The van der Waals surface area contributed by atoms with Crippen molar-refractivity contribution < 1.29 is 38.5 Å². The van der Waals surface area contributed by atoms with Gasteiger partial charge >= 0.3 is 23.9 Å². The molecule has 288 valence electrons. The average molecular weight is 741 g/mol. The molecule has 12 heteroatoms. The van der Waals surface area contributed by atoms with E-state index in [4.69, 9.17) is 14.2 Å². The topological polar surface area (TPSA) is 179 Å². The molecule has 0 amide bonds. The van der Waals surface area contributed by atoms with Crippen LogP contribution in [0, 0.1) is 27.7 Å². The Morgan fingerprint density at radius 3 is 1.15 bits per heavy atom. The molecule has 0 saturated heterocycles. The Morgan fingerprint density at radius 2 is 0.796 bits per heavy atom. The Balaban J connectivity index is 1.83. The van der Waals surface area contributed by atoms with Crippen LogP contribution < -0.4 is 21.4 Å². The molecule has 1 aliphatic rings. The van der Waals surface area contributed by atoms with Crippen molar-refractivity contribution in [1.29, 1.82) is 0 Å². The first-order valence-corrected chi connectivity index (χ1v) is 18.8. The second kappa shape index (κ2) is 17.5. The lowest BCUT2D eigenvalue weighted by Crippen LogP contribution is -2.15. The third-order valence-corrected chi connectivity index (χ3v) is 10.2. The van der Waals surface area contributed by atoms with E-state index in [1.165, 1.54) is 0 Å². The summed E-state index contributed by atoms with van der Waals surface area (Å²) in [5.74, 6) is -1.72. The summed E-state index contributed by atoms with van der Waals surface area (Å²) in [5, 5.41) is 12.9. The standard InChI is InChI=1S/C42H52N4O8/c1-8-52-40(49)16-12-28-24(5)33-20-34-26(7)30(14-18-42(51)54-10-3)38(46-34)22-37-29(13-17-41(50)53-9-2)25(6)32(45-37)19-31-23(4)27(11-15-39(47)48)35(43-31)21-36(28)44-33/h19-22,43-46H,8-18H2,1-7H3,(H,47,48). The normalized spacial score (nSPS) is 11.9. The molecule has 5 heterocycles. The van der Waals surface area contributed by atoms with Crippen molar-refractivity contribution in [3.63, 3.8) is 0 Å². The minimum Gasteiger partial charge on any atom is -0.481 e. The predicted octanol–water partition coefficient (Wildman–Crippen LogP) is 3.37. The largest absolute Gasteiger partial charge is 0.481 e. The maximum Gasteiger partial charge on any atom is 0.306 e. The monoisotopic (exact) mass is 740 g/mol. The molecule has 0 aromatic carbocycles. The number of H-pyrrole nitrogens is 4. The van der Waals surface area contributed by atoms with Gasteiger partial charge in [-0.15, -0.1) is 0 Å². The lowest BCUT2D eigenvalue weighted by molar-refractivity contribution is -0.144. The molecule has 0 saturated carbocycles. The first-order valence-electron chi connectivity index (χ1n) is 18.8. The summed E-state index contributed by atoms with van der Waals surface area (Å²) in [6.45, 7) is 14.3. The fourth-order valence-electron chi connectivity index (χ4n) is 7.26. The lowest BCUT2D eigenvalue weighted by Gasteiger charge is -2.04. The zero-order valence-corrected chi connectivity index (χ0v) is 32.4.